The summed E-state index contributed by atoms with van der Waals surface area (Å²) in [5.41, 5.74) is 4.13. The number of amides is 1. The standard InChI is InChI=1S/C18H15BrN2OS/c1-12-2-6-14(7-3-12)16-11-23-18(20-16)21-17(22)10-13-4-8-15(19)9-5-13/h2-9,11H,10H2,1H3,(H,20,21,22). The Morgan fingerprint density at radius 3 is 2.52 bits per heavy atom. The van der Waals surface area contributed by atoms with Crippen molar-refractivity contribution in [3.63, 3.8) is 0 Å². The third kappa shape index (κ3) is 4.27. The van der Waals surface area contributed by atoms with Crippen LogP contribution in [0.1, 0.15) is 11.1 Å². The van der Waals surface area contributed by atoms with Gasteiger partial charge in [-0.25, -0.2) is 4.98 Å². The molecule has 0 atom stereocenters. The number of aryl methyl sites for hydroxylation is 1. The fourth-order valence-electron chi connectivity index (χ4n) is 2.14. The molecule has 0 radical (unpaired) electrons. The zero-order valence-electron chi connectivity index (χ0n) is 12.5. The maximum absolute atomic E-state index is 12.1. The summed E-state index contributed by atoms with van der Waals surface area (Å²) in [6, 6.07) is 15.9. The van der Waals surface area contributed by atoms with Gasteiger partial charge in [0.15, 0.2) is 5.13 Å². The van der Waals surface area contributed by atoms with Crippen LogP contribution in [0.2, 0.25) is 0 Å². The highest BCUT2D eigenvalue weighted by Crippen LogP contribution is 2.25. The number of aromatic nitrogens is 1. The number of nitrogens with zero attached hydrogens (tertiary/aromatic N) is 1. The average Bonchev–Trinajstić information content (AvgIpc) is 2.98. The van der Waals surface area contributed by atoms with Crippen molar-refractivity contribution < 1.29 is 4.79 Å². The Morgan fingerprint density at radius 1 is 1.13 bits per heavy atom. The van der Waals surface area contributed by atoms with Gasteiger partial charge in [-0.05, 0) is 24.6 Å². The summed E-state index contributed by atoms with van der Waals surface area (Å²) >= 11 is 4.83. The first-order valence-electron chi connectivity index (χ1n) is 7.17. The molecule has 3 nitrogen and oxygen atoms in total. The van der Waals surface area contributed by atoms with Gasteiger partial charge in [0.25, 0.3) is 0 Å². The van der Waals surface area contributed by atoms with E-state index in [0.717, 1.165) is 21.3 Å². The Labute approximate surface area is 147 Å². The normalized spacial score (nSPS) is 10.5. The molecule has 116 valence electrons. The average molecular weight is 387 g/mol. The molecule has 0 fully saturated rings. The predicted molar refractivity (Wildman–Crippen MR) is 98.8 cm³/mol. The zero-order chi connectivity index (χ0) is 16.2. The molecule has 1 N–H and O–H groups in total. The second-order valence-corrected chi connectivity index (χ2v) is 7.03. The summed E-state index contributed by atoms with van der Waals surface area (Å²) in [6.45, 7) is 2.05. The summed E-state index contributed by atoms with van der Waals surface area (Å²) < 4.78 is 1.00. The zero-order valence-corrected chi connectivity index (χ0v) is 14.9. The van der Waals surface area contributed by atoms with Crippen LogP contribution in [-0.4, -0.2) is 10.9 Å². The number of rotatable bonds is 4. The fourth-order valence-corrected chi connectivity index (χ4v) is 3.14. The van der Waals surface area contributed by atoms with Gasteiger partial charge in [-0.2, -0.15) is 0 Å². The Hall–Kier alpha value is -1.98. The van der Waals surface area contributed by atoms with E-state index in [0.29, 0.717) is 11.6 Å². The minimum absolute atomic E-state index is 0.0582. The van der Waals surface area contributed by atoms with Crippen LogP contribution in [0.3, 0.4) is 0 Å². The summed E-state index contributed by atoms with van der Waals surface area (Å²) in [7, 11) is 0. The van der Waals surface area contributed by atoms with E-state index in [9.17, 15) is 4.79 Å². The number of hydrogen-bond acceptors (Lipinski definition) is 3. The lowest BCUT2D eigenvalue weighted by Crippen LogP contribution is -2.14. The predicted octanol–water partition coefficient (Wildman–Crippen LogP) is 5.06. The summed E-state index contributed by atoms with van der Waals surface area (Å²) in [4.78, 5) is 16.6. The van der Waals surface area contributed by atoms with Crippen LogP contribution in [-0.2, 0) is 11.2 Å². The van der Waals surface area contributed by atoms with Crippen molar-refractivity contribution in [1.29, 1.82) is 0 Å². The smallest absolute Gasteiger partial charge is 0.230 e. The molecule has 0 saturated carbocycles. The Balaban J connectivity index is 1.65. The largest absolute Gasteiger partial charge is 0.302 e. The van der Waals surface area contributed by atoms with Gasteiger partial charge in [-0.15, -0.1) is 11.3 Å². The van der Waals surface area contributed by atoms with E-state index in [1.165, 1.54) is 16.9 Å². The van der Waals surface area contributed by atoms with Gasteiger partial charge in [0.1, 0.15) is 0 Å². The molecule has 0 saturated heterocycles. The maximum Gasteiger partial charge on any atom is 0.230 e. The van der Waals surface area contributed by atoms with Gasteiger partial charge in [0, 0.05) is 15.4 Å². The van der Waals surface area contributed by atoms with Crippen molar-refractivity contribution in [2.45, 2.75) is 13.3 Å². The van der Waals surface area contributed by atoms with E-state index in [2.05, 4.69) is 45.3 Å². The minimum atomic E-state index is -0.0582. The van der Waals surface area contributed by atoms with Crippen molar-refractivity contribution in [3.05, 3.63) is 69.5 Å². The third-order valence-corrected chi connectivity index (χ3v) is 4.66. The molecule has 5 heteroatoms. The van der Waals surface area contributed by atoms with Gasteiger partial charge in [0.2, 0.25) is 5.91 Å². The van der Waals surface area contributed by atoms with E-state index in [1.807, 2.05) is 41.8 Å². The molecule has 23 heavy (non-hydrogen) atoms. The number of halogens is 1. The molecule has 3 rings (SSSR count). The Kier molecular flexibility index (Phi) is 4.88. The number of carbonyl (C=O) groups excluding carboxylic acids is 1. The minimum Gasteiger partial charge on any atom is -0.302 e. The molecule has 0 spiro atoms. The van der Waals surface area contributed by atoms with Crippen molar-refractivity contribution in [3.8, 4) is 11.3 Å². The quantitative estimate of drug-likeness (QED) is 0.680. The van der Waals surface area contributed by atoms with Crippen LogP contribution >= 0.6 is 27.3 Å². The number of thiazole rings is 1. The summed E-state index contributed by atoms with van der Waals surface area (Å²) in [6.07, 6.45) is 0.340. The molecular formula is C18H15BrN2OS. The topological polar surface area (TPSA) is 42.0 Å². The van der Waals surface area contributed by atoms with Crippen molar-refractivity contribution in [2.24, 2.45) is 0 Å². The molecule has 0 aliphatic carbocycles. The summed E-state index contributed by atoms with van der Waals surface area (Å²) in [5.74, 6) is -0.0582. The van der Waals surface area contributed by atoms with Crippen LogP contribution in [0.25, 0.3) is 11.3 Å². The van der Waals surface area contributed by atoms with E-state index in [-0.39, 0.29) is 5.91 Å². The molecule has 1 amide bonds. The second kappa shape index (κ2) is 7.06. The van der Waals surface area contributed by atoms with Crippen LogP contribution in [0.4, 0.5) is 5.13 Å². The Morgan fingerprint density at radius 2 is 1.83 bits per heavy atom. The van der Waals surface area contributed by atoms with Gasteiger partial charge >= 0.3 is 0 Å². The SMILES string of the molecule is Cc1ccc(-c2csc(NC(=O)Cc3ccc(Br)cc3)n2)cc1. The van der Waals surface area contributed by atoms with E-state index in [4.69, 9.17) is 0 Å². The first kappa shape index (κ1) is 15.9. The first-order valence-corrected chi connectivity index (χ1v) is 8.84. The van der Waals surface area contributed by atoms with Crippen LogP contribution in [0.5, 0.6) is 0 Å². The first-order chi connectivity index (χ1) is 11.1. The van der Waals surface area contributed by atoms with Crippen molar-refractivity contribution in [1.82, 2.24) is 4.98 Å². The molecule has 1 heterocycles. The van der Waals surface area contributed by atoms with E-state index < -0.39 is 0 Å². The number of hydrogen-bond donors (Lipinski definition) is 1. The fraction of sp³-hybridized carbons (Fsp3) is 0.111. The second-order valence-electron chi connectivity index (χ2n) is 5.26. The van der Waals surface area contributed by atoms with Crippen molar-refractivity contribution >= 4 is 38.3 Å². The van der Waals surface area contributed by atoms with Crippen LogP contribution in [0, 0.1) is 6.92 Å². The maximum atomic E-state index is 12.1. The van der Waals surface area contributed by atoms with Gasteiger partial charge in [-0.1, -0.05) is 57.9 Å². The number of anilines is 1. The van der Waals surface area contributed by atoms with Gasteiger partial charge in [-0.3, -0.25) is 4.79 Å². The summed E-state index contributed by atoms with van der Waals surface area (Å²) in [5, 5.41) is 5.45. The monoisotopic (exact) mass is 386 g/mol. The molecule has 0 aliphatic heterocycles. The number of benzene rings is 2. The van der Waals surface area contributed by atoms with E-state index >= 15 is 0 Å². The molecule has 0 aliphatic rings. The lowest BCUT2D eigenvalue weighted by Gasteiger charge is -2.02. The Bertz CT molecular complexity index is 810. The molecular weight excluding hydrogens is 372 g/mol. The highest BCUT2D eigenvalue weighted by molar-refractivity contribution is 9.10. The molecule has 3 aromatic rings. The lowest BCUT2D eigenvalue weighted by molar-refractivity contribution is -0.115. The molecule has 0 unspecified atom stereocenters. The molecule has 0 bridgehead atoms. The third-order valence-electron chi connectivity index (χ3n) is 3.38. The number of nitrogens with one attached hydrogen (secondary N) is 1. The molecule has 1 aromatic heterocycles. The molecule has 2 aromatic carbocycles. The van der Waals surface area contributed by atoms with Crippen molar-refractivity contribution in [2.75, 3.05) is 5.32 Å². The van der Waals surface area contributed by atoms with Gasteiger partial charge < -0.3 is 5.32 Å². The lowest BCUT2D eigenvalue weighted by atomic mass is 10.1. The highest BCUT2D eigenvalue weighted by atomic mass is 79.9. The van der Waals surface area contributed by atoms with E-state index in [1.54, 1.807) is 0 Å². The van der Waals surface area contributed by atoms with Gasteiger partial charge in [0.05, 0.1) is 12.1 Å². The van der Waals surface area contributed by atoms with Crippen LogP contribution in [0.15, 0.2) is 58.4 Å². The van der Waals surface area contributed by atoms with Crippen LogP contribution < -0.4 is 5.32 Å². The highest BCUT2D eigenvalue weighted by Gasteiger charge is 2.09. The number of carbonyl (C=O) groups is 1.